The average Bonchev–Trinajstić information content (AvgIpc) is 2.72. The molecule has 1 saturated carbocycles. The maximum Gasteiger partial charge on any atom is 0.488 e. The fourth-order valence-electron chi connectivity index (χ4n) is 2.55. The van der Waals surface area contributed by atoms with Gasteiger partial charge in [0.25, 0.3) is 0 Å². The zero-order valence-electron chi connectivity index (χ0n) is 11.8. The Hall–Kier alpha value is -1.04. The SMILES string of the molecule is OB(O)c1cccc(OCCOC2CCCCCC2)c1. The quantitative estimate of drug-likeness (QED) is 0.470. The Morgan fingerprint density at radius 3 is 2.50 bits per heavy atom. The zero-order valence-corrected chi connectivity index (χ0v) is 11.8. The molecule has 20 heavy (non-hydrogen) atoms. The van der Waals surface area contributed by atoms with Gasteiger partial charge in [0, 0.05) is 0 Å². The third-order valence-electron chi connectivity index (χ3n) is 3.66. The van der Waals surface area contributed by atoms with E-state index in [1.807, 2.05) is 0 Å². The molecule has 0 heterocycles. The van der Waals surface area contributed by atoms with Crippen molar-refractivity contribution in [1.29, 1.82) is 0 Å². The zero-order chi connectivity index (χ0) is 14.2. The lowest BCUT2D eigenvalue weighted by Gasteiger charge is -2.15. The Bertz CT molecular complexity index is 389. The molecule has 1 aliphatic rings. The van der Waals surface area contributed by atoms with Crippen LogP contribution in [-0.4, -0.2) is 36.5 Å². The van der Waals surface area contributed by atoms with Crippen LogP contribution in [0, 0.1) is 0 Å². The summed E-state index contributed by atoms with van der Waals surface area (Å²) in [7, 11) is -1.46. The van der Waals surface area contributed by atoms with Gasteiger partial charge in [-0.05, 0) is 30.4 Å². The van der Waals surface area contributed by atoms with Crippen LogP contribution in [0.5, 0.6) is 5.75 Å². The van der Waals surface area contributed by atoms with Crippen LogP contribution >= 0.6 is 0 Å². The van der Waals surface area contributed by atoms with E-state index in [0.717, 1.165) is 12.8 Å². The highest BCUT2D eigenvalue weighted by atomic mass is 16.5. The number of hydrogen-bond donors (Lipinski definition) is 2. The van der Waals surface area contributed by atoms with Crippen LogP contribution < -0.4 is 10.2 Å². The highest BCUT2D eigenvalue weighted by Crippen LogP contribution is 2.19. The summed E-state index contributed by atoms with van der Waals surface area (Å²) in [5.74, 6) is 0.639. The number of hydrogen-bond acceptors (Lipinski definition) is 4. The van der Waals surface area contributed by atoms with Crippen molar-refractivity contribution < 1.29 is 19.5 Å². The first-order valence-electron chi connectivity index (χ1n) is 7.46. The van der Waals surface area contributed by atoms with Crippen LogP contribution in [0.2, 0.25) is 0 Å². The van der Waals surface area contributed by atoms with Gasteiger partial charge in [0.2, 0.25) is 0 Å². The van der Waals surface area contributed by atoms with Gasteiger partial charge in [-0.3, -0.25) is 0 Å². The molecule has 0 amide bonds. The van der Waals surface area contributed by atoms with Gasteiger partial charge >= 0.3 is 7.12 Å². The Balaban J connectivity index is 1.68. The van der Waals surface area contributed by atoms with Crippen molar-refractivity contribution in [1.82, 2.24) is 0 Å². The Morgan fingerprint density at radius 2 is 1.80 bits per heavy atom. The van der Waals surface area contributed by atoms with E-state index in [2.05, 4.69) is 0 Å². The first kappa shape index (κ1) is 15.4. The minimum Gasteiger partial charge on any atom is -0.491 e. The summed E-state index contributed by atoms with van der Waals surface area (Å²) in [6.45, 7) is 1.07. The largest absolute Gasteiger partial charge is 0.491 e. The van der Waals surface area contributed by atoms with E-state index in [1.165, 1.54) is 25.7 Å². The van der Waals surface area contributed by atoms with E-state index < -0.39 is 7.12 Å². The van der Waals surface area contributed by atoms with E-state index >= 15 is 0 Å². The highest BCUT2D eigenvalue weighted by Gasteiger charge is 2.13. The second kappa shape index (κ2) is 8.30. The molecule has 2 N–H and O–H groups in total. The van der Waals surface area contributed by atoms with Gasteiger partial charge in [-0.15, -0.1) is 0 Å². The normalized spacial score (nSPS) is 16.7. The predicted octanol–water partition coefficient (Wildman–Crippen LogP) is 1.48. The van der Waals surface area contributed by atoms with Crippen molar-refractivity contribution >= 4 is 12.6 Å². The molecule has 0 bridgehead atoms. The molecule has 0 aromatic heterocycles. The minimum atomic E-state index is -1.46. The smallest absolute Gasteiger partial charge is 0.488 e. The van der Waals surface area contributed by atoms with E-state index in [0.29, 0.717) is 30.5 Å². The first-order valence-corrected chi connectivity index (χ1v) is 7.46. The topological polar surface area (TPSA) is 58.9 Å². The summed E-state index contributed by atoms with van der Waals surface area (Å²) in [6, 6.07) is 6.84. The maximum absolute atomic E-state index is 9.09. The van der Waals surface area contributed by atoms with Gasteiger partial charge in [0.1, 0.15) is 12.4 Å². The van der Waals surface area contributed by atoms with Gasteiger partial charge in [0.15, 0.2) is 0 Å². The second-order valence-electron chi connectivity index (χ2n) is 5.28. The Morgan fingerprint density at radius 1 is 1.05 bits per heavy atom. The lowest BCUT2D eigenvalue weighted by molar-refractivity contribution is 0.0254. The molecule has 0 unspecified atom stereocenters. The molecule has 110 valence electrons. The van der Waals surface area contributed by atoms with Crippen LogP contribution in [0.25, 0.3) is 0 Å². The Labute approximate surface area is 120 Å². The summed E-state index contributed by atoms with van der Waals surface area (Å²) in [4.78, 5) is 0. The summed E-state index contributed by atoms with van der Waals surface area (Å²) in [5, 5.41) is 18.2. The molecule has 2 rings (SSSR count). The van der Waals surface area contributed by atoms with E-state index in [-0.39, 0.29) is 0 Å². The van der Waals surface area contributed by atoms with E-state index in [1.54, 1.807) is 24.3 Å². The molecule has 0 atom stereocenters. The molecule has 0 aliphatic heterocycles. The fraction of sp³-hybridized carbons (Fsp3) is 0.600. The molecular weight excluding hydrogens is 255 g/mol. The summed E-state index contributed by atoms with van der Waals surface area (Å²) < 4.78 is 11.4. The average molecular weight is 278 g/mol. The standard InChI is InChI=1S/C15H23BO4/c17-16(18)13-6-5-9-15(12-13)20-11-10-19-14-7-3-1-2-4-8-14/h5-6,9,12,14,17-18H,1-4,7-8,10-11H2. The van der Waals surface area contributed by atoms with Crippen LogP contribution in [0.4, 0.5) is 0 Å². The predicted molar refractivity (Wildman–Crippen MR) is 79.2 cm³/mol. The number of rotatable bonds is 6. The molecule has 1 aromatic carbocycles. The van der Waals surface area contributed by atoms with Crippen molar-refractivity contribution in [3.8, 4) is 5.75 Å². The lowest BCUT2D eigenvalue weighted by atomic mass is 9.80. The van der Waals surface area contributed by atoms with Gasteiger partial charge in [-0.2, -0.15) is 0 Å². The van der Waals surface area contributed by atoms with Crippen molar-refractivity contribution in [3.05, 3.63) is 24.3 Å². The summed E-state index contributed by atoms with van der Waals surface area (Å²) >= 11 is 0. The molecule has 1 fully saturated rings. The molecule has 5 heteroatoms. The van der Waals surface area contributed by atoms with Crippen molar-refractivity contribution in [2.45, 2.75) is 44.6 Å². The monoisotopic (exact) mass is 278 g/mol. The molecule has 0 saturated heterocycles. The molecule has 0 radical (unpaired) electrons. The fourth-order valence-corrected chi connectivity index (χ4v) is 2.55. The summed E-state index contributed by atoms with van der Waals surface area (Å²) in [5.41, 5.74) is 0.437. The van der Waals surface area contributed by atoms with Crippen molar-refractivity contribution in [3.63, 3.8) is 0 Å². The van der Waals surface area contributed by atoms with Crippen LogP contribution in [0.1, 0.15) is 38.5 Å². The minimum absolute atomic E-state index is 0.381. The van der Waals surface area contributed by atoms with Crippen molar-refractivity contribution in [2.24, 2.45) is 0 Å². The third-order valence-corrected chi connectivity index (χ3v) is 3.66. The van der Waals surface area contributed by atoms with Gasteiger partial charge < -0.3 is 19.5 Å². The first-order chi connectivity index (χ1) is 9.75. The second-order valence-corrected chi connectivity index (χ2v) is 5.28. The third kappa shape index (κ3) is 5.15. The Kier molecular flexibility index (Phi) is 6.37. The molecule has 1 aromatic rings. The maximum atomic E-state index is 9.09. The van der Waals surface area contributed by atoms with Crippen molar-refractivity contribution in [2.75, 3.05) is 13.2 Å². The van der Waals surface area contributed by atoms with E-state index in [4.69, 9.17) is 19.5 Å². The molecule has 4 nitrogen and oxygen atoms in total. The van der Waals surface area contributed by atoms with Crippen LogP contribution in [-0.2, 0) is 4.74 Å². The number of ether oxygens (including phenoxy) is 2. The van der Waals surface area contributed by atoms with Gasteiger partial charge in [-0.25, -0.2) is 0 Å². The molecular formula is C15H23BO4. The van der Waals surface area contributed by atoms with E-state index in [9.17, 15) is 0 Å². The van der Waals surface area contributed by atoms with Crippen LogP contribution in [0.15, 0.2) is 24.3 Å². The highest BCUT2D eigenvalue weighted by molar-refractivity contribution is 6.58. The molecule has 1 aliphatic carbocycles. The summed E-state index contributed by atoms with van der Waals surface area (Å²) in [6.07, 6.45) is 7.88. The van der Waals surface area contributed by atoms with Gasteiger partial charge in [0.05, 0.1) is 12.7 Å². The molecule has 0 spiro atoms. The number of benzene rings is 1. The van der Waals surface area contributed by atoms with Crippen LogP contribution in [0.3, 0.4) is 0 Å². The van der Waals surface area contributed by atoms with Gasteiger partial charge in [-0.1, -0.05) is 37.8 Å². The lowest BCUT2D eigenvalue weighted by Crippen LogP contribution is -2.29.